The third-order valence-corrected chi connectivity index (χ3v) is 3.57. The van der Waals surface area contributed by atoms with Gasteiger partial charge in [-0.2, -0.15) is 0 Å². The number of methoxy groups -OCH3 is 1. The van der Waals surface area contributed by atoms with Crippen molar-refractivity contribution in [2.45, 2.75) is 18.9 Å². The highest BCUT2D eigenvalue weighted by atomic mass is 79.9. The van der Waals surface area contributed by atoms with E-state index in [4.69, 9.17) is 9.84 Å². The predicted molar refractivity (Wildman–Crippen MR) is 72.4 cm³/mol. The molecule has 1 saturated carbocycles. The molecule has 0 heterocycles. The van der Waals surface area contributed by atoms with E-state index in [0.717, 1.165) is 12.8 Å². The lowest BCUT2D eigenvalue weighted by Crippen LogP contribution is -2.37. The maximum atomic E-state index is 12.3. The first-order chi connectivity index (χ1) is 9.02. The van der Waals surface area contributed by atoms with Gasteiger partial charge in [0.05, 0.1) is 11.6 Å². The van der Waals surface area contributed by atoms with Crippen LogP contribution in [0, 0.1) is 0 Å². The van der Waals surface area contributed by atoms with Crippen molar-refractivity contribution in [3.05, 3.63) is 28.2 Å². The van der Waals surface area contributed by atoms with E-state index in [1.807, 2.05) is 0 Å². The van der Waals surface area contributed by atoms with Gasteiger partial charge in [-0.15, -0.1) is 0 Å². The van der Waals surface area contributed by atoms with Crippen LogP contribution in [0.2, 0.25) is 0 Å². The van der Waals surface area contributed by atoms with Crippen LogP contribution in [-0.2, 0) is 4.79 Å². The topological polar surface area (TPSA) is 66.8 Å². The molecule has 0 radical (unpaired) electrons. The highest BCUT2D eigenvalue weighted by Gasteiger charge is 2.34. The van der Waals surface area contributed by atoms with Gasteiger partial charge in [-0.3, -0.25) is 9.59 Å². The normalized spacial score (nSPS) is 14.0. The highest BCUT2D eigenvalue weighted by molar-refractivity contribution is 9.10. The molecule has 1 aliphatic carbocycles. The summed E-state index contributed by atoms with van der Waals surface area (Å²) in [6.07, 6.45) is 1.74. The summed E-state index contributed by atoms with van der Waals surface area (Å²) in [6.45, 7) is -0.257. The Morgan fingerprint density at radius 3 is 2.63 bits per heavy atom. The molecule has 5 nitrogen and oxygen atoms in total. The van der Waals surface area contributed by atoms with Crippen LogP contribution in [0.25, 0.3) is 0 Å². The summed E-state index contributed by atoms with van der Waals surface area (Å²) >= 11 is 3.32. The number of hydrogen-bond donors (Lipinski definition) is 1. The van der Waals surface area contributed by atoms with Crippen LogP contribution in [0.3, 0.4) is 0 Å². The highest BCUT2D eigenvalue weighted by Crippen LogP contribution is 2.30. The number of amides is 1. The van der Waals surface area contributed by atoms with Crippen LogP contribution < -0.4 is 4.74 Å². The summed E-state index contributed by atoms with van der Waals surface area (Å²) in [6, 6.07) is 5.04. The van der Waals surface area contributed by atoms with Gasteiger partial charge >= 0.3 is 5.97 Å². The molecule has 0 aliphatic heterocycles. The summed E-state index contributed by atoms with van der Waals surface area (Å²) in [7, 11) is 1.54. The number of carboxylic acid groups (broad SMARTS) is 1. The summed E-state index contributed by atoms with van der Waals surface area (Å²) in [5.41, 5.74) is 0.459. The van der Waals surface area contributed by atoms with Crippen LogP contribution in [0.4, 0.5) is 0 Å². The molecule has 102 valence electrons. The Balaban J connectivity index is 2.21. The second kappa shape index (κ2) is 5.61. The van der Waals surface area contributed by atoms with Crippen molar-refractivity contribution in [2.75, 3.05) is 13.7 Å². The van der Waals surface area contributed by atoms with E-state index < -0.39 is 5.97 Å². The van der Waals surface area contributed by atoms with Gasteiger partial charge in [0.25, 0.3) is 5.91 Å². The number of carbonyl (C=O) groups excluding carboxylic acids is 1. The van der Waals surface area contributed by atoms with E-state index in [9.17, 15) is 9.59 Å². The third kappa shape index (κ3) is 3.26. The Kier molecular flexibility index (Phi) is 4.09. The molecule has 0 bridgehead atoms. The third-order valence-electron chi connectivity index (χ3n) is 2.95. The lowest BCUT2D eigenvalue weighted by Gasteiger charge is -2.20. The number of halogens is 1. The Labute approximate surface area is 119 Å². The van der Waals surface area contributed by atoms with Gasteiger partial charge in [0, 0.05) is 11.6 Å². The van der Waals surface area contributed by atoms with Crippen LogP contribution in [0.1, 0.15) is 23.2 Å². The molecule has 1 N–H and O–H groups in total. The number of benzene rings is 1. The molecule has 2 rings (SSSR count). The molecule has 6 heteroatoms. The minimum Gasteiger partial charge on any atom is -0.496 e. The Morgan fingerprint density at radius 1 is 1.47 bits per heavy atom. The van der Waals surface area contributed by atoms with Gasteiger partial charge in [-0.1, -0.05) is 0 Å². The summed E-state index contributed by atoms with van der Waals surface area (Å²) < 4.78 is 5.77. The van der Waals surface area contributed by atoms with E-state index in [1.54, 1.807) is 25.3 Å². The van der Waals surface area contributed by atoms with Gasteiger partial charge in [0.1, 0.15) is 12.3 Å². The molecule has 0 atom stereocenters. The largest absolute Gasteiger partial charge is 0.496 e. The molecule has 1 fully saturated rings. The predicted octanol–water partition coefficient (Wildman–Crippen LogP) is 2.15. The summed E-state index contributed by atoms with van der Waals surface area (Å²) in [5.74, 6) is -0.617. The first-order valence-corrected chi connectivity index (χ1v) is 6.68. The molecule has 0 aromatic heterocycles. The van der Waals surface area contributed by atoms with E-state index >= 15 is 0 Å². The lowest BCUT2D eigenvalue weighted by molar-refractivity contribution is -0.137. The van der Waals surface area contributed by atoms with Gasteiger partial charge in [-0.25, -0.2) is 0 Å². The standard InChI is InChI=1S/C13H14BrNO4/c1-19-11-5-2-8(6-10(11)14)13(18)15(7-12(16)17)9-3-4-9/h2,5-6,9H,3-4,7H2,1H3,(H,16,17). The Hall–Kier alpha value is -1.56. The zero-order chi connectivity index (χ0) is 14.0. The molecule has 19 heavy (non-hydrogen) atoms. The van der Waals surface area contributed by atoms with Gasteiger partial charge in [-0.05, 0) is 47.0 Å². The second-order valence-corrected chi connectivity index (χ2v) is 5.26. The summed E-state index contributed by atoms with van der Waals surface area (Å²) in [4.78, 5) is 24.5. The molecule has 1 amide bonds. The van der Waals surface area contributed by atoms with Crippen molar-refractivity contribution < 1.29 is 19.4 Å². The number of rotatable bonds is 5. The maximum absolute atomic E-state index is 12.3. The Morgan fingerprint density at radius 2 is 2.16 bits per heavy atom. The second-order valence-electron chi connectivity index (χ2n) is 4.41. The van der Waals surface area contributed by atoms with E-state index in [2.05, 4.69) is 15.9 Å². The minimum atomic E-state index is -0.993. The monoisotopic (exact) mass is 327 g/mol. The van der Waals surface area contributed by atoms with Crippen molar-refractivity contribution in [1.82, 2.24) is 4.90 Å². The molecular formula is C13H14BrNO4. The molecule has 0 saturated heterocycles. The van der Waals surface area contributed by atoms with Crippen LogP contribution in [-0.4, -0.2) is 41.6 Å². The van der Waals surface area contributed by atoms with Gasteiger partial charge < -0.3 is 14.7 Å². The minimum absolute atomic E-state index is 0.0597. The fraction of sp³-hybridized carbons (Fsp3) is 0.385. The number of hydrogen-bond acceptors (Lipinski definition) is 3. The first-order valence-electron chi connectivity index (χ1n) is 5.89. The molecule has 1 aromatic carbocycles. The first kappa shape index (κ1) is 13.9. The molecule has 1 aromatic rings. The van der Waals surface area contributed by atoms with Crippen molar-refractivity contribution in [3.8, 4) is 5.75 Å². The molecular weight excluding hydrogens is 314 g/mol. The van der Waals surface area contributed by atoms with Gasteiger partial charge in [0.2, 0.25) is 0 Å². The number of aliphatic carboxylic acids is 1. The van der Waals surface area contributed by atoms with Crippen molar-refractivity contribution in [1.29, 1.82) is 0 Å². The van der Waals surface area contributed by atoms with Crippen molar-refractivity contribution in [3.63, 3.8) is 0 Å². The number of ether oxygens (including phenoxy) is 1. The van der Waals surface area contributed by atoms with Crippen LogP contribution in [0.5, 0.6) is 5.75 Å². The molecule has 1 aliphatic rings. The van der Waals surface area contributed by atoms with Crippen LogP contribution in [0.15, 0.2) is 22.7 Å². The van der Waals surface area contributed by atoms with E-state index in [1.165, 1.54) is 4.90 Å². The zero-order valence-corrected chi connectivity index (χ0v) is 12.0. The van der Waals surface area contributed by atoms with E-state index in [-0.39, 0.29) is 18.5 Å². The quantitative estimate of drug-likeness (QED) is 0.899. The fourth-order valence-corrected chi connectivity index (χ4v) is 2.40. The average Bonchev–Trinajstić information content (AvgIpc) is 3.19. The number of nitrogens with zero attached hydrogens (tertiary/aromatic N) is 1. The van der Waals surface area contributed by atoms with Crippen molar-refractivity contribution in [2.24, 2.45) is 0 Å². The Bertz CT molecular complexity index is 513. The maximum Gasteiger partial charge on any atom is 0.323 e. The average molecular weight is 328 g/mol. The fourth-order valence-electron chi connectivity index (χ4n) is 1.86. The zero-order valence-electron chi connectivity index (χ0n) is 10.4. The lowest BCUT2D eigenvalue weighted by atomic mass is 10.2. The SMILES string of the molecule is COc1ccc(C(=O)N(CC(=O)O)C2CC2)cc1Br. The molecule has 0 unspecified atom stereocenters. The van der Waals surface area contributed by atoms with Crippen molar-refractivity contribution >= 4 is 27.8 Å². The smallest absolute Gasteiger partial charge is 0.323 e. The van der Waals surface area contributed by atoms with Crippen LogP contribution >= 0.6 is 15.9 Å². The van der Waals surface area contributed by atoms with Gasteiger partial charge in [0.15, 0.2) is 0 Å². The molecule has 0 spiro atoms. The summed E-state index contributed by atoms with van der Waals surface area (Å²) in [5, 5.41) is 8.87. The number of carbonyl (C=O) groups is 2. The number of carboxylic acids is 1. The van der Waals surface area contributed by atoms with E-state index in [0.29, 0.717) is 15.8 Å².